The third-order valence-electron chi connectivity index (χ3n) is 4.96. The van der Waals surface area contributed by atoms with E-state index < -0.39 is 0 Å². The number of amides is 1. The predicted octanol–water partition coefficient (Wildman–Crippen LogP) is 5.38. The van der Waals surface area contributed by atoms with Gasteiger partial charge in [0.25, 0.3) is 0 Å². The summed E-state index contributed by atoms with van der Waals surface area (Å²) in [4.78, 5) is 12.1. The van der Waals surface area contributed by atoms with Gasteiger partial charge in [-0.05, 0) is 62.6 Å². The molecule has 5 heteroatoms. The van der Waals surface area contributed by atoms with E-state index in [1.807, 2.05) is 18.2 Å². The van der Waals surface area contributed by atoms with E-state index in [9.17, 15) is 4.79 Å². The molecule has 0 spiro atoms. The first-order chi connectivity index (χ1) is 14.0. The smallest absolute Gasteiger partial charge is 0.220 e. The summed E-state index contributed by atoms with van der Waals surface area (Å²) in [6, 6.07) is 5.77. The van der Waals surface area contributed by atoms with Gasteiger partial charge >= 0.3 is 0 Å². The maximum atomic E-state index is 12.1. The van der Waals surface area contributed by atoms with Crippen molar-refractivity contribution < 1.29 is 19.0 Å². The van der Waals surface area contributed by atoms with Gasteiger partial charge in [-0.3, -0.25) is 4.79 Å². The highest BCUT2D eigenvalue weighted by Crippen LogP contribution is 2.31. The molecule has 162 valence electrons. The van der Waals surface area contributed by atoms with E-state index in [0.29, 0.717) is 30.4 Å². The number of hydrogen-bond acceptors (Lipinski definition) is 4. The molecule has 1 heterocycles. The predicted molar refractivity (Wildman–Crippen MR) is 116 cm³/mol. The average molecular weight is 404 g/mol. The van der Waals surface area contributed by atoms with E-state index in [2.05, 4.69) is 38.2 Å². The van der Waals surface area contributed by atoms with Gasteiger partial charge < -0.3 is 19.5 Å². The van der Waals surface area contributed by atoms with Crippen LogP contribution in [-0.2, 0) is 16.1 Å². The van der Waals surface area contributed by atoms with Crippen LogP contribution in [0.15, 0.2) is 30.4 Å². The summed E-state index contributed by atoms with van der Waals surface area (Å²) in [6.45, 7) is 6.89. The van der Waals surface area contributed by atoms with Gasteiger partial charge in [0.05, 0.1) is 13.2 Å². The molecule has 5 nitrogen and oxygen atoms in total. The van der Waals surface area contributed by atoms with Crippen molar-refractivity contribution in [2.75, 3.05) is 7.11 Å². The van der Waals surface area contributed by atoms with Crippen LogP contribution in [0, 0.1) is 5.92 Å². The van der Waals surface area contributed by atoms with Crippen LogP contribution in [0.25, 0.3) is 0 Å². The molecular formula is C24H37NO4. The fraction of sp³-hybridized carbons (Fsp3) is 0.625. The molecule has 1 fully saturated rings. The van der Waals surface area contributed by atoms with Crippen LogP contribution < -0.4 is 14.8 Å². The van der Waals surface area contributed by atoms with E-state index in [1.165, 1.54) is 0 Å². The lowest BCUT2D eigenvalue weighted by atomic mass is 10.1. The van der Waals surface area contributed by atoms with Crippen LogP contribution in [-0.4, -0.2) is 25.4 Å². The van der Waals surface area contributed by atoms with Gasteiger partial charge in [0.2, 0.25) is 5.91 Å². The summed E-state index contributed by atoms with van der Waals surface area (Å²) in [5.74, 6) is 2.01. The van der Waals surface area contributed by atoms with Crippen molar-refractivity contribution in [3.05, 3.63) is 35.9 Å². The van der Waals surface area contributed by atoms with Crippen LogP contribution in [0.5, 0.6) is 11.5 Å². The fourth-order valence-electron chi connectivity index (χ4n) is 3.32. The molecule has 1 aliphatic heterocycles. The quantitative estimate of drug-likeness (QED) is 0.398. The SMILES string of the molecule is COc1cc(CNC(=O)CCCC/C=C/C(C)C)ccc1O[C@H]1CCC[C@@H](C)O1. The van der Waals surface area contributed by atoms with Gasteiger partial charge in [-0.2, -0.15) is 0 Å². The summed E-state index contributed by atoms with van der Waals surface area (Å²) in [5, 5.41) is 2.99. The topological polar surface area (TPSA) is 56.8 Å². The lowest BCUT2D eigenvalue weighted by Crippen LogP contribution is -2.30. The number of methoxy groups -OCH3 is 1. The van der Waals surface area contributed by atoms with Gasteiger partial charge in [0, 0.05) is 19.4 Å². The number of rotatable bonds is 11. The number of carbonyl (C=O) groups is 1. The van der Waals surface area contributed by atoms with Crippen molar-refractivity contribution in [2.45, 2.75) is 84.7 Å². The fourth-order valence-corrected chi connectivity index (χ4v) is 3.32. The minimum atomic E-state index is -0.228. The van der Waals surface area contributed by atoms with Crippen molar-refractivity contribution >= 4 is 5.91 Å². The minimum absolute atomic E-state index is 0.0849. The van der Waals surface area contributed by atoms with Gasteiger partial charge in [-0.15, -0.1) is 0 Å². The highest BCUT2D eigenvalue weighted by Gasteiger charge is 2.21. The van der Waals surface area contributed by atoms with E-state index in [1.54, 1.807) is 7.11 Å². The van der Waals surface area contributed by atoms with Gasteiger partial charge in [0.15, 0.2) is 17.8 Å². The molecule has 0 saturated carbocycles. The Kier molecular flexibility index (Phi) is 10.1. The molecule has 1 saturated heterocycles. The number of unbranched alkanes of at least 4 members (excludes halogenated alkanes) is 2. The highest BCUT2D eigenvalue weighted by atomic mass is 16.7. The molecule has 1 aromatic rings. The van der Waals surface area contributed by atoms with Gasteiger partial charge in [-0.1, -0.05) is 32.1 Å². The second-order valence-electron chi connectivity index (χ2n) is 8.10. The Morgan fingerprint density at radius 1 is 1.28 bits per heavy atom. The molecule has 1 aliphatic rings. The Hall–Kier alpha value is -2.01. The number of nitrogens with one attached hydrogen (secondary N) is 1. The molecule has 0 aromatic heterocycles. The Balaban J connectivity index is 1.75. The molecule has 0 radical (unpaired) electrons. The molecule has 0 aliphatic carbocycles. The Morgan fingerprint density at radius 3 is 2.83 bits per heavy atom. The molecule has 0 bridgehead atoms. The largest absolute Gasteiger partial charge is 0.493 e. The number of hydrogen-bond donors (Lipinski definition) is 1. The minimum Gasteiger partial charge on any atom is -0.493 e. The van der Waals surface area contributed by atoms with Gasteiger partial charge in [0.1, 0.15) is 0 Å². The summed E-state index contributed by atoms with van der Waals surface area (Å²) in [7, 11) is 1.63. The van der Waals surface area contributed by atoms with Crippen LogP contribution >= 0.6 is 0 Å². The van der Waals surface area contributed by atoms with Crippen LogP contribution in [0.1, 0.15) is 71.3 Å². The summed E-state index contributed by atoms with van der Waals surface area (Å²) >= 11 is 0. The molecule has 1 amide bonds. The first kappa shape index (κ1) is 23.3. The molecule has 1 aromatic carbocycles. The molecule has 1 N–H and O–H groups in total. The van der Waals surface area contributed by atoms with Crippen LogP contribution in [0.2, 0.25) is 0 Å². The first-order valence-corrected chi connectivity index (χ1v) is 10.9. The van der Waals surface area contributed by atoms with Crippen molar-refractivity contribution in [3.8, 4) is 11.5 Å². The number of carbonyl (C=O) groups excluding carboxylic acids is 1. The first-order valence-electron chi connectivity index (χ1n) is 10.9. The zero-order chi connectivity index (χ0) is 21.1. The lowest BCUT2D eigenvalue weighted by Gasteiger charge is -2.28. The Morgan fingerprint density at radius 2 is 2.10 bits per heavy atom. The van der Waals surface area contributed by atoms with Crippen molar-refractivity contribution in [1.29, 1.82) is 0 Å². The van der Waals surface area contributed by atoms with E-state index in [0.717, 1.165) is 44.1 Å². The molecule has 2 atom stereocenters. The zero-order valence-electron chi connectivity index (χ0n) is 18.4. The standard InChI is InChI=1S/C24H37NO4/c1-18(2)10-7-5-6-8-12-23(26)25-17-20-14-15-21(22(16-20)27-4)29-24-13-9-11-19(3)28-24/h7,10,14-16,18-19,24H,5-6,8-9,11-13,17H2,1-4H3,(H,25,26)/b10-7+/t19-,24+/m1/s1. The Bertz CT molecular complexity index is 656. The van der Waals surface area contributed by atoms with E-state index in [4.69, 9.17) is 14.2 Å². The van der Waals surface area contributed by atoms with E-state index >= 15 is 0 Å². The lowest BCUT2D eigenvalue weighted by molar-refractivity contribution is -0.141. The van der Waals surface area contributed by atoms with Crippen LogP contribution in [0.4, 0.5) is 0 Å². The van der Waals surface area contributed by atoms with Gasteiger partial charge in [-0.25, -0.2) is 0 Å². The molecule has 29 heavy (non-hydrogen) atoms. The highest BCUT2D eigenvalue weighted by molar-refractivity contribution is 5.75. The Labute approximate surface area is 175 Å². The van der Waals surface area contributed by atoms with Crippen molar-refractivity contribution in [2.24, 2.45) is 5.92 Å². The van der Waals surface area contributed by atoms with Crippen molar-refractivity contribution in [3.63, 3.8) is 0 Å². The van der Waals surface area contributed by atoms with E-state index in [-0.39, 0.29) is 18.3 Å². The summed E-state index contributed by atoms with van der Waals surface area (Å²) < 4.78 is 17.3. The monoisotopic (exact) mass is 403 g/mol. The number of allylic oxidation sites excluding steroid dienone is 2. The normalized spacial score (nSPS) is 19.5. The van der Waals surface area contributed by atoms with Crippen molar-refractivity contribution in [1.82, 2.24) is 5.32 Å². The number of ether oxygens (including phenoxy) is 3. The molecule has 0 unspecified atom stereocenters. The number of benzene rings is 1. The third-order valence-corrected chi connectivity index (χ3v) is 4.96. The maximum Gasteiger partial charge on any atom is 0.220 e. The zero-order valence-corrected chi connectivity index (χ0v) is 18.4. The summed E-state index contributed by atoms with van der Waals surface area (Å²) in [5.41, 5.74) is 0.986. The second kappa shape index (κ2) is 12.5. The third kappa shape index (κ3) is 8.90. The average Bonchev–Trinajstić information content (AvgIpc) is 2.69. The van der Waals surface area contributed by atoms with Crippen LogP contribution in [0.3, 0.4) is 0 Å². The molecular weight excluding hydrogens is 366 g/mol. The molecule has 2 rings (SSSR count). The summed E-state index contributed by atoms with van der Waals surface area (Å²) in [6.07, 6.45) is 11.0. The second-order valence-corrected chi connectivity index (χ2v) is 8.10. The maximum absolute atomic E-state index is 12.1.